The Hall–Kier alpha value is -4.21. The van der Waals surface area contributed by atoms with E-state index in [9.17, 15) is 13.2 Å². The van der Waals surface area contributed by atoms with Gasteiger partial charge in [0.15, 0.2) is 5.13 Å². The molecule has 1 aromatic heterocycles. The van der Waals surface area contributed by atoms with Crippen LogP contribution in [0.1, 0.15) is 34.8 Å². The number of thiazole rings is 1. The molecule has 9 heteroatoms. The van der Waals surface area contributed by atoms with Gasteiger partial charge < -0.3 is 4.74 Å². The van der Waals surface area contributed by atoms with Crippen LogP contribution in [0.25, 0.3) is 10.2 Å². The molecule has 0 saturated heterocycles. The van der Waals surface area contributed by atoms with Gasteiger partial charge in [-0.1, -0.05) is 59.9 Å². The van der Waals surface area contributed by atoms with Crippen LogP contribution in [-0.2, 0) is 23.0 Å². The van der Waals surface area contributed by atoms with E-state index in [0.717, 1.165) is 45.6 Å². The molecule has 1 aliphatic heterocycles. The summed E-state index contributed by atoms with van der Waals surface area (Å²) < 4.78 is 35.3. The van der Waals surface area contributed by atoms with Crippen molar-refractivity contribution in [1.82, 2.24) is 4.98 Å². The summed E-state index contributed by atoms with van der Waals surface area (Å²) in [4.78, 5) is 20.5. The zero-order valence-corrected chi connectivity index (χ0v) is 24.2. The van der Waals surface area contributed by atoms with Crippen molar-refractivity contribution in [3.63, 3.8) is 0 Å². The Morgan fingerprint density at radius 2 is 1.73 bits per heavy atom. The van der Waals surface area contributed by atoms with Gasteiger partial charge >= 0.3 is 0 Å². The summed E-state index contributed by atoms with van der Waals surface area (Å²) >= 11 is 1.42. The molecule has 0 N–H and O–H groups in total. The fourth-order valence-electron chi connectivity index (χ4n) is 5.06. The number of carbonyl (C=O) groups excluding carboxylic acids is 1. The van der Waals surface area contributed by atoms with E-state index in [1.54, 1.807) is 17.0 Å². The fourth-order valence-corrected chi connectivity index (χ4v) is 7.59. The second-order valence-corrected chi connectivity index (χ2v) is 12.6. The van der Waals surface area contributed by atoms with Gasteiger partial charge in [0, 0.05) is 12.1 Å². The first-order valence-electron chi connectivity index (χ1n) is 13.5. The van der Waals surface area contributed by atoms with E-state index < -0.39 is 10.0 Å². The molecule has 0 spiro atoms. The highest BCUT2D eigenvalue weighted by Gasteiger charge is 2.29. The standard InChI is InChI=1S/C32H29N3O4S2/c1-2-39-26-16-19-28-30(21-26)40-32(33-28)34(22-23-9-4-3-5-10-23)31(36)25-14-17-27(18-15-25)41(37,38)35-20-8-12-24-11-6-7-13-29(24)35/h3-7,9-11,13-19,21H,2,8,12,20,22H2,1H3. The number of ether oxygens (including phenoxy) is 1. The van der Waals surface area contributed by atoms with Crippen molar-refractivity contribution in [3.05, 3.63) is 114 Å². The van der Waals surface area contributed by atoms with Gasteiger partial charge in [0.05, 0.1) is 34.0 Å². The predicted molar refractivity (Wildman–Crippen MR) is 163 cm³/mol. The van der Waals surface area contributed by atoms with Crippen molar-refractivity contribution in [3.8, 4) is 5.75 Å². The van der Waals surface area contributed by atoms with Gasteiger partial charge in [-0.25, -0.2) is 13.4 Å². The van der Waals surface area contributed by atoms with Crippen LogP contribution in [0, 0.1) is 0 Å². The van der Waals surface area contributed by atoms with E-state index in [4.69, 9.17) is 9.72 Å². The molecule has 2 heterocycles. The van der Waals surface area contributed by atoms with Gasteiger partial charge in [-0.05, 0) is 79.4 Å². The largest absolute Gasteiger partial charge is 0.494 e. The Kier molecular flexibility index (Phi) is 7.47. The van der Waals surface area contributed by atoms with E-state index in [-0.39, 0.29) is 10.8 Å². The van der Waals surface area contributed by atoms with Crippen molar-refractivity contribution in [1.29, 1.82) is 0 Å². The number of fused-ring (bicyclic) bond motifs is 2. The van der Waals surface area contributed by atoms with Gasteiger partial charge in [0.25, 0.3) is 15.9 Å². The third-order valence-electron chi connectivity index (χ3n) is 7.08. The zero-order chi connectivity index (χ0) is 28.4. The molecule has 0 fully saturated rings. The Bertz CT molecular complexity index is 1800. The Labute approximate surface area is 243 Å². The maximum atomic E-state index is 13.9. The first kappa shape index (κ1) is 27.0. The number of amides is 1. The smallest absolute Gasteiger partial charge is 0.264 e. The third kappa shape index (κ3) is 5.42. The molecule has 0 aliphatic carbocycles. The maximum Gasteiger partial charge on any atom is 0.264 e. The normalized spacial score (nSPS) is 13.1. The molecule has 4 aromatic carbocycles. The lowest BCUT2D eigenvalue weighted by molar-refractivity contribution is 0.0985. The number of para-hydroxylation sites is 1. The highest BCUT2D eigenvalue weighted by Crippen LogP contribution is 2.34. The first-order chi connectivity index (χ1) is 19.9. The molecule has 1 aliphatic rings. The molecular weight excluding hydrogens is 555 g/mol. The van der Waals surface area contributed by atoms with Gasteiger partial charge in [0.2, 0.25) is 0 Å². The maximum absolute atomic E-state index is 13.9. The molecule has 0 unspecified atom stereocenters. The summed E-state index contributed by atoms with van der Waals surface area (Å²) in [6, 6.07) is 29.3. The highest BCUT2D eigenvalue weighted by molar-refractivity contribution is 7.92. The molecular formula is C32H29N3O4S2. The summed E-state index contributed by atoms with van der Waals surface area (Å²) in [6.07, 6.45) is 1.61. The minimum absolute atomic E-state index is 0.156. The van der Waals surface area contributed by atoms with Gasteiger partial charge in [0.1, 0.15) is 5.75 Å². The van der Waals surface area contributed by atoms with Crippen LogP contribution in [-0.4, -0.2) is 32.5 Å². The lowest BCUT2D eigenvalue weighted by Crippen LogP contribution is -2.35. The second-order valence-electron chi connectivity index (χ2n) is 9.77. The van der Waals surface area contributed by atoms with Gasteiger partial charge in [-0.15, -0.1) is 0 Å². The lowest BCUT2D eigenvalue weighted by atomic mass is 10.0. The lowest BCUT2D eigenvalue weighted by Gasteiger charge is -2.30. The van der Waals surface area contributed by atoms with E-state index in [1.807, 2.05) is 79.7 Å². The molecule has 0 saturated carbocycles. The van der Waals surface area contributed by atoms with Crippen molar-refractivity contribution in [2.24, 2.45) is 0 Å². The molecule has 0 bridgehead atoms. The number of rotatable bonds is 8. The highest BCUT2D eigenvalue weighted by atomic mass is 32.2. The van der Waals surface area contributed by atoms with Gasteiger partial charge in [-0.3, -0.25) is 14.0 Å². The minimum Gasteiger partial charge on any atom is -0.494 e. The third-order valence-corrected chi connectivity index (χ3v) is 9.94. The average Bonchev–Trinajstić information content (AvgIpc) is 3.43. The number of nitrogens with zero attached hydrogens (tertiary/aromatic N) is 3. The van der Waals surface area contributed by atoms with Crippen LogP contribution in [0.5, 0.6) is 5.75 Å². The monoisotopic (exact) mass is 583 g/mol. The Morgan fingerprint density at radius 3 is 2.51 bits per heavy atom. The molecule has 5 aromatic rings. The molecule has 0 atom stereocenters. The molecule has 1 amide bonds. The van der Waals surface area contributed by atoms with Gasteiger partial charge in [-0.2, -0.15) is 0 Å². The van der Waals surface area contributed by atoms with E-state index in [1.165, 1.54) is 27.8 Å². The van der Waals surface area contributed by atoms with Crippen molar-refractivity contribution >= 4 is 48.3 Å². The number of carbonyl (C=O) groups is 1. The van der Waals surface area contributed by atoms with Crippen LogP contribution in [0.15, 0.2) is 102 Å². The van der Waals surface area contributed by atoms with E-state index >= 15 is 0 Å². The predicted octanol–water partition coefficient (Wildman–Crippen LogP) is 6.68. The summed E-state index contributed by atoms with van der Waals surface area (Å²) in [6.45, 7) is 3.24. The molecule has 208 valence electrons. The second kappa shape index (κ2) is 11.3. The van der Waals surface area contributed by atoms with Crippen molar-refractivity contribution in [2.45, 2.75) is 31.2 Å². The number of aromatic nitrogens is 1. The van der Waals surface area contributed by atoms with Crippen LogP contribution in [0.3, 0.4) is 0 Å². The van der Waals surface area contributed by atoms with Crippen LogP contribution in [0.2, 0.25) is 0 Å². The SMILES string of the molecule is CCOc1ccc2nc(N(Cc3ccccc3)C(=O)c3ccc(S(=O)(=O)N4CCCc5ccccc54)cc3)sc2c1. The van der Waals surface area contributed by atoms with E-state index in [0.29, 0.717) is 30.4 Å². The number of aryl methyl sites for hydroxylation is 1. The van der Waals surface area contributed by atoms with Crippen LogP contribution in [0.4, 0.5) is 10.8 Å². The topological polar surface area (TPSA) is 79.8 Å². The van der Waals surface area contributed by atoms with Crippen molar-refractivity contribution in [2.75, 3.05) is 22.4 Å². The Morgan fingerprint density at radius 1 is 0.976 bits per heavy atom. The minimum atomic E-state index is -3.78. The summed E-state index contributed by atoms with van der Waals surface area (Å²) in [7, 11) is -3.78. The van der Waals surface area contributed by atoms with E-state index in [2.05, 4.69) is 0 Å². The Balaban J connectivity index is 1.32. The summed E-state index contributed by atoms with van der Waals surface area (Å²) in [5, 5.41) is 0.559. The molecule has 6 rings (SSSR count). The summed E-state index contributed by atoms with van der Waals surface area (Å²) in [5.74, 6) is 0.495. The quantitative estimate of drug-likeness (QED) is 0.204. The first-order valence-corrected chi connectivity index (χ1v) is 15.8. The molecule has 7 nitrogen and oxygen atoms in total. The fraction of sp³-hybridized carbons (Fsp3) is 0.188. The molecule has 0 radical (unpaired) electrons. The van der Waals surface area contributed by atoms with Crippen LogP contribution < -0.4 is 13.9 Å². The molecule has 41 heavy (non-hydrogen) atoms. The van der Waals surface area contributed by atoms with Crippen molar-refractivity contribution < 1.29 is 17.9 Å². The number of anilines is 2. The average molecular weight is 584 g/mol. The number of hydrogen-bond donors (Lipinski definition) is 0. The summed E-state index contributed by atoms with van der Waals surface area (Å²) in [5.41, 5.74) is 3.86. The number of hydrogen-bond acceptors (Lipinski definition) is 6. The number of benzene rings is 4. The zero-order valence-electron chi connectivity index (χ0n) is 22.6. The number of sulfonamides is 1. The van der Waals surface area contributed by atoms with Crippen LogP contribution >= 0.6 is 11.3 Å².